The van der Waals surface area contributed by atoms with E-state index in [-0.39, 0.29) is 5.56 Å². The molecule has 31 heavy (non-hydrogen) atoms. The first-order chi connectivity index (χ1) is 15.0. The molecule has 0 spiro atoms. The Hall–Kier alpha value is -3.80. The molecule has 0 unspecified atom stereocenters. The third-order valence-electron chi connectivity index (χ3n) is 5.53. The standard InChI is InChI=1S/C25H23N5O/c1-5-11-29-20(6-2)28-23-21(25(29)31)22-24(27-19-10-8-7-9-18(19)26-22)30(23)17-13-15(3)12-16(4)14-17/h5,7-10,12-14H,1,6,11H2,2-4H3. The van der Waals surface area contributed by atoms with Gasteiger partial charge in [0.1, 0.15) is 16.7 Å². The molecule has 0 atom stereocenters. The number of nitrogens with zero attached hydrogens (tertiary/aromatic N) is 5. The van der Waals surface area contributed by atoms with Crippen molar-refractivity contribution < 1.29 is 0 Å². The van der Waals surface area contributed by atoms with Crippen molar-refractivity contribution in [2.24, 2.45) is 0 Å². The molecule has 0 bridgehead atoms. The van der Waals surface area contributed by atoms with Crippen LogP contribution in [0.5, 0.6) is 0 Å². The monoisotopic (exact) mass is 409 g/mol. The summed E-state index contributed by atoms with van der Waals surface area (Å²) >= 11 is 0. The van der Waals surface area contributed by atoms with Crippen molar-refractivity contribution in [3.8, 4) is 5.69 Å². The molecule has 6 heteroatoms. The van der Waals surface area contributed by atoms with Gasteiger partial charge in [0.25, 0.3) is 5.56 Å². The molecule has 0 fully saturated rings. The Morgan fingerprint density at radius 3 is 2.29 bits per heavy atom. The van der Waals surface area contributed by atoms with Gasteiger partial charge in [0.15, 0.2) is 11.3 Å². The predicted octanol–water partition coefficient (Wildman–Crippen LogP) is 4.65. The molecule has 0 aliphatic heterocycles. The summed E-state index contributed by atoms with van der Waals surface area (Å²) in [6, 6.07) is 14.0. The minimum Gasteiger partial charge on any atom is -0.292 e. The number of rotatable bonds is 4. The van der Waals surface area contributed by atoms with Gasteiger partial charge >= 0.3 is 0 Å². The van der Waals surface area contributed by atoms with Gasteiger partial charge in [0.05, 0.1) is 11.0 Å². The van der Waals surface area contributed by atoms with Crippen LogP contribution in [0.15, 0.2) is 59.9 Å². The minimum absolute atomic E-state index is 0.112. The van der Waals surface area contributed by atoms with Gasteiger partial charge in [0, 0.05) is 18.7 Å². The predicted molar refractivity (Wildman–Crippen MR) is 125 cm³/mol. The lowest BCUT2D eigenvalue weighted by atomic mass is 10.1. The zero-order chi connectivity index (χ0) is 21.7. The van der Waals surface area contributed by atoms with Gasteiger partial charge in [-0.15, -0.1) is 6.58 Å². The van der Waals surface area contributed by atoms with Crippen molar-refractivity contribution in [3.05, 3.63) is 82.4 Å². The molecule has 2 aromatic carbocycles. The quantitative estimate of drug-likeness (QED) is 0.405. The molecule has 5 rings (SSSR count). The maximum absolute atomic E-state index is 13.6. The topological polar surface area (TPSA) is 65.6 Å². The van der Waals surface area contributed by atoms with Crippen LogP contribution in [-0.2, 0) is 13.0 Å². The Balaban J connectivity index is 2.04. The summed E-state index contributed by atoms with van der Waals surface area (Å²) in [5, 5.41) is 0.492. The number of aryl methyl sites for hydroxylation is 3. The number of aromatic nitrogens is 5. The first-order valence-electron chi connectivity index (χ1n) is 10.4. The van der Waals surface area contributed by atoms with Crippen molar-refractivity contribution in [3.63, 3.8) is 0 Å². The normalized spacial score (nSPS) is 11.6. The highest BCUT2D eigenvalue weighted by atomic mass is 16.1. The fourth-order valence-electron chi connectivity index (χ4n) is 4.28. The van der Waals surface area contributed by atoms with E-state index in [2.05, 4.69) is 38.6 Å². The summed E-state index contributed by atoms with van der Waals surface area (Å²) in [7, 11) is 0. The van der Waals surface area contributed by atoms with Gasteiger partial charge < -0.3 is 0 Å². The van der Waals surface area contributed by atoms with E-state index >= 15 is 0 Å². The average Bonchev–Trinajstić information content (AvgIpc) is 3.06. The van der Waals surface area contributed by atoms with Crippen molar-refractivity contribution in [1.29, 1.82) is 0 Å². The zero-order valence-electron chi connectivity index (χ0n) is 17.9. The lowest BCUT2D eigenvalue weighted by molar-refractivity contribution is 0.698. The highest BCUT2D eigenvalue weighted by Crippen LogP contribution is 2.29. The fraction of sp³-hybridized carbons (Fsp3) is 0.200. The molecule has 0 aliphatic rings. The van der Waals surface area contributed by atoms with Crippen molar-refractivity contribution in [2.45, 2.75) is 33.7 Å². The average molecular weight is 409 g/mol. The van der Waals surface area contributed by atoms with Crippen molar-refractivity contribution in [1.82, 2.24) is 24.1 Å². The van der Waals surface area contributed by atoms with Crippen molar-refractivity contribution >= 4 is 33.2 Å². The third kappa shape index (κ3) is 2.94. The molecule has 0 aliphatic carbocycles. The van der Waals surface area contributed by atoms with Gasteiger partial charge in [-0.3, -0.25) is 13.9 Å². The number of para-hydroxylation sites is 2. The van der Waals surface area contributed by atoms with Crippen LogP contribution >= 0.6 is 0 Å². The van der Waals surface area contributed by atoms with Crippen LogP contribution in [0.2, 0.25) is 0 Å². The summed E-state index contributed by atoms with van der Waals surface area (Å²) in [6.45, 7) is 10.3. The molecule has 6 nitrogen and oxygen atoms in total. The van der Waals surface area contributed by atoms with E-state index in [1.165, 1.54) is 0 Å². The maximum atomic E-state index is 13.6. The van der Waals surface area contributed by atoms with Crippen LogP contribution in [0.1, 0.15) is 23.9 Å². The van der Waals surface area contributed by atoms with E-state index in [0.717, 1.165) is 33.7 Å². The summed E-state index contributed by atoms with van der Waals surface area (Å²) in [5.74, 6) is 0.718. The first kappa shape index (κ1) is 19.2. The summed E-state index contributed by atoms with van der Waals surface area (Å²) in [6.07, 6.45) is 2.36. The molecule has 154 valence electrons. The molecule has 0 N–H and O–H groups in total. The van der Waals surface area contributed by atoms with Crippen LogP contribution in [0.4, 0.5) is 0 Å². The van der Waals surface area contributed by atoms with Crippen LogP contribution < -0.4 is 5.56 Å². The van der Waals surface area contributed by atoms with Crippen LogP contribution in [0, 0.1) is 13.8 Å². The summed E-state index contributed by atoms with van der Waals surface area (Å²) in [5.41, 5.74) is 6.43. The molecular formula is C25H23N5O. The Morgan fingerprint density at radius 1 is 0.968 bits per heavy atom. The van der Waals surface area contributed by atoms with E-state index < -0.39 is 0 Å². The van der Waals surface area contributed by atoms with Crippen LogP contribution in [0.3, 0.4) is 0 Å². The molecule has 0 saturated heterocycles. The highest BCUT2D eigenvalue weighted by molar-refractivity contribution is 6.05. The molecule has 0 saturated carbocycles. The van der Waals surface area contributed by atoms with Crippen LogP contribution in [-0.4, -0.2) is 24.1 Å². The molecule has 3 heterocycles. The SMILES string of the molecule is C=CCn1c(CC)nc2c(c1=O)c1nc3ccccc3nc1n2-c1cc(C)cc(C)c1. The van der Waals surface area contributed by atoms with Gasteiger partial charge in [0.2, 0.25) is 0 Å². The molecule has 3 aromatic heterocycles. The van der Waals surface area contributed by atoms with E-state index in [1.807, 2.05) is 35.8 Å². The minimum atomic E-state index is -0.112. The third-order valence-corrected chi connectivity index (χ3v) is 5.53. The van der Waals surface area contributed by atoms with Crippen LogP contribution in [0.25, 0.3) is 38.9 Å². The smallest absolute Gasteiger partial charge is 0.265 e. The van der Waals surface area contributed by atoms with Gasteiger partial charge in [-0.1, -0.05) is 31.2 Å². The number of hydrogen-bond acceptors (Lipinski definition) is 4. The second-order valence-electron chi connectivity index (χ2n) is 7.85. The highest BCUT2D eigenvalue weighted by Gasteiger charge is 2.22. The number of allylic oxidation sites excluding steroid dienone is 1. The molecule has 0 radical (unpaired) electrons. The molecule has 0 amide bonds. The molecular weight excluding hydrogens is 386 g/mol. The van der Waals surface area contributed by atoms with Gasteiger partial charge in [-0.05, 0) is 49.2 Å². The van der Waals surface area contributed by atoms with Crippen molar-refractivity contribution in [2.75, 3.05) is 0 Å². The summed E-state index contributed by atoms with van der Waals surface area (Å²) in [4.78, 5) is 28.3. The lowest BCUT2D eigenvalue weighted by Gasteiger charge is -2.12. The lowest BCUT2D eigenvalue weighted by Crippen LogP contribution is -2.24. The number of fused-ring (bicyclic) bond motifs is 4. The fourth-order valence-corrected chi connectivity index (χ4v) is 4.28. The van der Waals surface area contributed by atoms with E-state index in [4.69, 9.17) is 15.0 Å². The Kier molecular flexibility index (Phi) is 4.43. The Morgan fingerprint density at radius 2 is 1.65 bits per heavy atom. The number of hydrogen-bond donors (Lipinski definition) is 0. The Bertz CT molecular complexity index is 1540. The largest absolute Gasteiger partial charge is 0.292 e. The molecule has 5 aromatic rings. The number of benzene rings is 2. The van der Waals surface area contributed by atoms with Gasteiger partial charge in [-0.25, -0.2) is 15.0 Å². The second-order valence-corrected chi connectivity index (χ2v) is 7.85. The summed E-state index contributed by atoms with van der Waals surface area (Å²) < 4.78 is 3.65. The zero-order valence-corrected chi connectivity index (χ0v) is 17.9. The van der Waals surface area contributed by atoms with E-state index in [0.29, 0.717) is 35.2 Å². The van der Waals surface area contributed by atoms with Gasteiger partial charge in [-0.2, -0.15) is 0 Å². The van der Waals surface area contributed by atoms with E-state index in [9.17, 15) is 4.79 Å². The van der Waals surface area contributed by atoms with E-state index in [1.54, 1.807) is 10.6 Å². The maximum Gasteiger partial charge on any atom is 0.265 e. The Labute approximate surface area is 179 Å². The second kappa shape index (κ2) is 7.16. The first-order valence-corrected chi connectivity index (χ1v) is 10.4.